The predicted molar refractivity (Wildman–Crippen MR) is 68.7 cm³/mol. The van der Waals surface area contributed by atoms with Crippen LogP contribution in [-0.4, -0.2) is 5.16 Å². The molecule has 1 aliphatic rings. The standard InChI is InChI=1S/C13H9ClN2O2/c14-7-12-10(13(17)18-16-12)6-8-1-2-11-9(5-8)3-4-15-11/h1-6,16H,7H2/b8-6-. The Hall–Kier alpha value is -2.07. The molecule has 2 aromatic rings. The summed E-state index contributed by atoms with van der Waals surface area (Å²) in [7, 11) is 0. The highest BCUT2D eigenvalue weighted by molar-refractivity contribution is 6.17. The van der Waals surface area contributed by atoms with E-state index in [0.717, 1.165) is 16.1 Å². The zero-order chi connectivity index (χ0) is 12.5. The second kappa shape index (κ2) is 4.31. The number of H-pyrrole nitrogens is 1. The van der Waals surface area contributed by atoms with E-state index >= 15 is 0 Å². The Labute approximate surface area is 107 Å². The number of rotatable bonds is 2. The van der Waals surface area contributed by atoms with Crippen molar-refractivity contribution in [3.8, 4) is 0 Å². The minimum absolute atomic E-state index is 0.206. The van der Waals surface area contributed by atoms with Gasteiger partial charge in [-0.2, -0.15) is 0 Å². The van der Waals surface area contributed by atoms with Gasteiger partial charge in [0, 0.05) is 11.8 Å². The fourth-order valence-electron chi connectivity index (χ4n) is 1.86. The van der Waals surface area contributed by atoms with Crippen LogP contribution in [0.2, 0.25) is 0 Å². The SMILES string of the molecule is O=c1o[nH]c(CCl)c1/C=c1/ccc2c(c1)C=CN=2. The van der Waals surface area contributed by atoms with Gasteiger partial charge in [-0.1, -0.05) is 6.07 Å². The van der Waals surface area contributed by atoms with Crippen molar-refractivity contribution in [1.82, 2.24) is 5.16 Å². The summed E-state index contributed by atoms with van der Waals surface area (Å²) in [6.45, 7) is 0. The molecule has 3 rings (SSSR count). The zero-order valence-electron chi connectivity index (χ0n) is 9.31. The van der Waals surface area contributed by atoms with Gasteiger partial charge in [0.25, 0.3) is 0 Å². The molecule has 5 heteroatoms. The molecule has 18 heavy (non-hydrogen) atoms. The lowest BCUT2D eigenvalue weighted by molar-refractivity contribution is 0.386. The van der Waals surface area contributed by atoms with Gasteiger partial charge in [0.15, 0.2) is 0 Å². The summed E-state index contributed by atoms with van der Waals surface area (Å²) in [6, 6.07) is 5.78. The number of nitrogens with zero attached hydrogens (tertiary/aromatic N) is 1. The second-order valence-electron chi connectivity index (χ2n) is 3.92. The third-order valence-electron chi connectivity index (χ3n) is 2.78. The molecule has 0 amide bonds. The van der Waals surface area contributed by atoms with Gasteiger partial charge in [-0.15, -0.1) is 11.6 Å². The molecule has 1 aliphatic heterocycles. The van der Waals surface area contributed by atoms with Crippen molar-refractivity contribution in [1.29, 1.82) is 0 Å². The van der Waals surface area contributed by atoms with E-state index in [1.807, 2.05) is 24.3 Å². The second-order valence-corrected chi connectivity index (χ2v) is 4.19. The van der Waals surface area contributed by atoms with Crippen LogP contribution in [0.15, 0.2) is 38.7 Å². The minimum atomic E-state index is -0.411. The predicted octanol–water partition coefficient (Wildman–Crippen LogP) is 1.14. The summed E-state index contributed by atoms with van der Waals surface area (Å²) in [5, 5.41) is 4.36. The highest BCUT2D eigenvalue weighted by Gasteiger charge is 2.08. The molecule has 0 saturated carbocycles. The molecule has 0 unspecified atom stereocenters. The first kappa shape index (κ1) is 11.0. The Morgan fingerprint density at radius 3 is 3.17 bits per heavy atom. The van der Waals surface area contributed by atoms with E-state index in [2.05, 4.69) is 10.1 Å². The summed E-state index contributed by atoms with van der Waals surface area (Å²) in [5.74, 6) is 0.206. The Bertz CT molecular complexity index is 799. The van der Waals surface area contributed by atoms with Crippen LogP contribution < -0.4 is 16.2 Å². The van der Waals surface area contributed by atoms with E-state index in [9.17, 15) is 4.79 Å². The maximum absolute atomic E-state index is 11.5. The highest BCUT2D eigenvalue weighted by Crippen LogP contribution is 2.05. The smallest absolute Gasteiger partial charge is 0.338 e. The number of fused-ring (bicyclic) bond motifs is 1. The summed E-state index contributed by atoms with van der Waals surface area (Å²) < 4.78 is 4.72. The molecule has 4 nitrogen and oxygen atoms in total. The summed E-state index contributed by atoms with van der Waals surface area (Å²) in [4.78, 5) is 15.7. The molecule has 1 N–H and O–H groups in total. The van der Waals surface area contributed by atoms with Gasteiger partial charge in [-0.25, -0.2) is 9.95 Å². The maximum atomic E-state index is 11.5. The fraction of sp³-hybridized carbons (Fsp3) is 0.0769. The molecule has 1 aromatic carbocycles. The topological polar surface area (TPSA) is 58.4 Å². The average Bonchev–Trinajstić information content (AvgIpc) is 2.97. The quantitative estimate of drug-likeness (QED) is 0.823. The van der Waals surface area contributed by atoms with E-state index in [1.165, 1.54) is 0 Å². The molecule has 0 aliphatic carbocycles. The van der Waals surface area contributed by atoms with E-state index in [1.54, 1.807) is 12.3 Å². The van der Waals surface area contributed by atoms with Crippen molar-refractivity contribution >= 4 is 23.8 Å². The van der Waals surface area contributed by atoms with Gasteiger partial charge in [0.1, 0.15) is 0 Å². The third kappa shape index (κ3) is 1.80. The molecule has 0 saturated heterocycles. The monoisotopic (exact) mass is 260 g/mol. The molecule has 0 radical (unpaired) electrons. The number of hydrogen-bond donors (Lipinski definition) is 1. The van der Waals surface area contributed by atoms with Crippen LogP contribution >= 0.6 is 11.6 Å². The van der Waals surface area contributed by atoms with Gasteiger partial charge in [-0.05, 0) is 29.5 Å². The van der Waals surface area contributed by atoms with Gasteiger partial charge in [-0.3, -0.25) is 4.99 Å². The fourth-order valence-corrected chi connectivity index (χ4v) is 2.06. The van der Waals surface area contributed by atoms with E-state index < -0.39 is 5.63 Å². The van der Waals surface area contributed by atoms with Crippen LogP contribution in [0.4, 0.5) is 0 Å². The number of hydrogen-bond acceptors (Lipinski definition) is 3. The van der Waals surface area contributed by atoms with Crippen LogP contribution in [0.5, 0.6) is 0 Å². The van der Waals surface area contributed by atoms with Crippen LogP contribution in [0.25, 0.3) is 12.2 Å². The van der Waals surface area contributed by atoms with E-state index in [-0.39, 0.29) is 5.88 Å². The maximum Gasteiger partial charge on any atom is 0.364 e. The Morgan fingerprint density at radius 1 is 1.44 bits per heavy atom. The molecule has 1 aromatic heterocycles. The number of nitrogens with one attached hydrogen (secondary N) is 1. The minimum Gasteiger partial charge on any atom is -0.338 e. The molecule has 0 atom stereocenters. The van der Waals surface area contributed by atoms with Gasteiger partial charge >= 0.3 is 5.63 Å². The van der Waals surface area contributed by atoms with Crippen LogP contribution in [0.3, 0.4) is 0 Å². The lowest BCUT2D eigenvalue weighted by Gasteiger charge is -1.92. The molecular weight excluding hydrogens is 252 g/mol. The Balaban J connectivity index is 2.18. The highest BCUT2D eigenvalue weighted by atomic mass is 35.5. The first-order valence-corrected chi connectivity index (χ1v) is 5.94. The van der Waals surface area contributed by atoms with Crippen molar-refractivity contribution in [3.05, 3.63) is 62.2 Å². The first-order chi connectivity index (χ1) is 8.78. The molecule has 0 fully saturated rings. The van der Waals surface area contributed by atoms with Crippen LogP contribution in [-0.2, 0) is 5.88 Å². The Morgan fingerprint density at radius 2 is 2.33 bits per heavy atom. The largest absolute Gasteiger partial charge is 0.364 e. The molecule has 90 valence electrons. The summed E-state index contributed by atoms with van der Waals surface area (Å²) in [6.07, 6.45) is 5.44. The number of halogens is 1. The zero-order valence-corrected chi connectivity index (χ0v) is 10.1. The third-order valence-corrected chi connectivity index (χ3v) is 3.04. The molecule has 0 spiro atoms. The van der Waals surface area contributed by atoms with Crippen molar-refractivity contribution in [2.45, 2.75) is 5.88 Å². The van der Waals surface area contributed by atoms with Crippen molar-refractivity contribution in [2.24, 2.45) is 4.99 Å². The molecule has 0 bridgehead atoms. The Kier molecular flexibility index (Phi) is 2.64. The number of alkyl halides is 1. The van der Waals surface area contributed by atoms with Gasteiger partial charge < -0.3 is 4.52 Å². The lowest BCUT2D eigenvalue weighted by Crippen LogP contribution is -2.12. The summed E-state index contributed by atoms with van der Waals surface area (Å²) >= 11 is 5.73. The van der Waals surface area contributed by atoms with Gasteiger partial charge in [0.2, 0.25) is 0 Å². The average molecular weight is 261 g/mol. The first-order valence-electron chi connectivity index (χ1n) is 5.40. The number of benzene rings is 1. The normalized spacial score (nSPS) is 13.7. The molecular formula is C13H9ClN2O2. The van der Waals surface area contributed by atoms with Crippen molar-refractivity contribution in [2.75, 3.05) is 0 Å². The van der Waals surface area contributed by atoms with Crippen LogP contribution in [0.1, 0.15) is 16.8 Å². The van der Waals surface area contributed by atoms with E-state index in [4.69, 9.17) is 16.1 Å². The van der Waals surface area contributed by atoms with E-state index in [0.29, 0.717) is 11.3 Å². The number of aromatic nitrogens is 1. The van der Waals surface area contributed by atoms with Crippen molar-refractivity contribution in [3.63, 3.8) is 0 Å². The van der Waals surface area contributed by atoms with Gasteiger partial charge in [0.05, 0.1) is 22.5 Å². The lowest BCUT2D eigenvalue weighted by atomic mass is 10.1. The number of aromatic amines is 1. The van der Waals surface area contributed by atoms with Crippen LogP contribution in [0, 0.1) is 0 Å². The van der Waals surface area contributed by atoms with Crippen molar-refractivity contribution < 1.29 is 4.52 Å². The molecule has 2 heterocycles. The summed E-state index contributed by atoms with van der Waals surface area (Å²) in [5.41, 5.74) is 1.67.